The summed E-state index contributed by atoms with van der Waals surface area (Å²) < 4.78 is 30.9. The Morgan fingerprint density at radius 3 is 2.68 bits per heavy atom. The summed E-state index contributed by atoms with van der Waals surface area (Å²) in [6.07, 6.45) is 3.43. The zero-order valence-electron chi connectivity index (χ0n) is 17.4. The van der Waals surface area contributed by atoms with Crippen molar-refractivity contribution < 1.29 is 18.3 Å². The summed E-state index contributed by atoms with van der Waals surface area (Å²) in [4.78, 5) is 4.43. The monoisotopic (exact) mass is 420 g/mol. The van der Waals surface area contributed by atoms with E-state index in [0.29, 0.717) is 18.9 Å². The van der Waals surface area contributed by atoms with E-state index >= 15 is 0 Å². The van der Waals surface area contributed by atoms with Gasteiger partial charge >= 0.3 is 0 Å². The van der Waals surface area contributed by atoms with Gasteiger partial charge in [-0.05, 0) is 67.8 Å². The SMILES string of the molecule is Cc1c(COc2ccc(F)cc2)oc2cccc(OCCCc3ncccc3CN)c12. The Labute approximate surface area is 180 Å². The molecule has 2 aromatic heterocycles. The van der Waals surface area contributed by atoms with Crippen LogP contribution in [-0.2, 0) is 19.6 Å². The zero-order valence-corrected chi connectivity index (χ0v) is 17.4. The normalized spacial score (nSPS) is 11.1. The van der Waals surface area contributed by atoms with E-state index < -0.39 is 0 Å². The van der Waals surface area contributed by atoms with Crippen molar-refractivity contribution >= 4 is 11.0 Å². The van der Waals surface area contributed by atoms with Crippen molar-refractivity contribution in [2.75, 3.05) is 6.61 Å². The predicted molar refractivity (Wildman–Crippen MR) is 118 cm³/mol. The summed E-state index contributed by atoms with van der Waals surface area (Å²) in [7, 11) is 0. The number of halogens is 1. The highest BCUT2D eigenvalue weighted by Gasteiger charge is 2.15. The van der Waals surface area contributed by atoms with Crippen molar-refractivity contribution in [3.63, 3.8) is 0 Å². The van der Waals surface area contributed by atoms with Gasteiger partial charge in [0.1, 0.15) is 35.3 Å². The molecule has 0 bridgehead atoms. The minimum atomic E-state index is -0.295. The maximum absolute atomic E-state index is 13.1. The fourth-order valence-electron chi connectivity index (χ4n) is 3.56. The van der Waals surface area contributed by atoms with Crippen LogP contribution in [0.15, 0.2) is 65.2 Å². The number of fused-ring (bicyclic) bond motifs is 1. The molecule has 0 amide bonds. The molecule has 2 heterocycles. The van der Waals surface area contributed by atoms with E-state index in [4.69, 9.17) is 19.6 Å². The first-order valence-corrected chi connectivity index (χ1v) is 10.3. The van der Waals surface area contributed by atoms with Crippen molar-refractivity contribution in [1.29, 1.82) is 0 Å². The first-order valence-electron chi connectivity index (χ1n) is 10.3. The Morgan fingerprint density at radius 1 is 1.03 bits per heavy atom. The van der Waals surface area contributed by atoms with E-state index in [-0.39, 0.29) is 12.4 Å². The van der Waals surface area contributed by atoms with Crippen LogP contribution in [-0.4, -0.2) is 11.6 Å². The molecule has 0 atom stereocenters. The van der Waals surface area contributed by atoms with E-state index in [0.717, 1.165) is 52.1 Å². The third-order valence-corrected chi connectivity index (χ3v) is 5.22. The number of ether oxygens (including phenoxy) is 2. The number of rotatable bonds is 9. The number of benzene rings is 2. The molecule has 160 valence electrons. The summed E-state index contributed by atoms with van der Waals surface area (Å²) in [5.41, 5.74) is 9.60. The smallest absolute Gasteiger partial charge is 0.146 e. The average Bonchev–Trinajstić information content (AvgIpc) is 3.13. The standard InChI is InChI=1S/C25H25FN2O3/c1-17-24(16-30-20-11-9-19(26)10-12-20)31-23-8-2-7-22(25(17)23)29-14-4-6-21-18(15-27)5-3-13-28-21/h2-3,5,7-13H,4,6,14-16,27H2,1H3. The summed E-state index contributed by atoms with van der Waals surface area (Å²) in [6, 6.07) is 15.6. The number of aryl methyl sites for hydroxylation is 2. The molecule has 0 spiro atoms. The van der Waals surface area contributed by atoms with Gasteiger partial charge in [-0.2, -0.15) is 0 Å². The first-order chi connectivity index (χ1) is 15.2. The minimum Gasteiger partial charge on any atom is -0.493 e. The topological polar surface area (TPSA) is 70.5 Å². The molecule has 0 saturated carbocycles. The summed E-state index contributed by atoms with van der Waals surface area (Å²) >= 11 is 0. The molecule has 31 heavy (non-hydrogen) atoms. The molecule has 4 rings (SSSR count). The highest BCUT2D eigenvalue weighted by Crippen LogP contribution is 2.33. The molecule has 2 N–H and O–H groups in total. The van der Waals surface area contributed by atoms with E-state index in [1.807, 2.05) is 37.3 Å². The van der Waals surface area contributed by atoms with Crippen LogP contribution in [0.25, 0.3) is 11.0 Å². The Morgan fingerprint density at radius 2 is 1.87 bits per heavy atom. The number of aromatic nitrogens is 1. The van der Waals surface area contributed by atoms with Gasteiger partial charge in [0.25, 0.3) is 0 Å². The lowest BCUT2D eigenvalue weighted by Crippen LogP contribution is -2.06. The van der Waals surface area contributed by atoms with Gasteiger partial charge < -0.3 is 19.6 Å². The molecular formula is C25H25FN2O3. The summed E-state index contributed by atoms with van der Waals surface area (Å²) in [5.74, 6) is 1.80. The van der Waals surface area contributed by atoms with Crippen LogP contribution in [0.3, 0.4) is 0 Å². The van der Waals surface area contributed by atoms with E-state index in [9.17, 15) is 4.39 Å². The molecule has 4 aromatic rings. The Hall–Kier alpha value is -3.38. The van der Waals surface area contributed by atoms with E-state index in [1.165, 1.54) is 12.1 Å². The van der Waals surface area contributed by atoms with Gasteiger partial charge in [0.2, 0.25) is 0 Å². The second-order valence-corrected chi connectivity index (χ2v) is 7.29. The molecule has 2 aromatic carbocycles. The maximum atomic E-state index is 13.1. The van der Waals surface area contributed by atoms with Crippen LogP contribution in [0.4, 0.5) is 4.39 Å². The Balaban J connectivity index is 1.42. The van der Waals surface area contributed by atoms with Crippen LogP contribution >= 0.6 is 0 Å². The molecule has 0 aliphatic carbocycles. The molecule has 0 saturated heterocycles. The molecule has 6 heteroatoms. The lowest BCUT2D eigenvalue weighted by Gasteiger charge is -2.09. The van der Waals surface area contributed by atoms with Gasteiger partial charge in [0.05, 0.1) is 12.0 Å². The molecule has 0 fully saturated rings. The number of nitrogens with zero attached hydrogens (tertiary/aromatic N) is 1. The molecule has 5 nitrogen and oxygen atoms in total. The largest absolute Gasteiger partial charge is 0.493 e. The van der Waals surface area contributed by atoms with Gasteiger partial charge in [-0.3, -0.25) is 4.98 Å². The lowest BCUT2D eigenvalue weighted by atomic mass is 10.1. The number of pyridine rings is 1. The van der Waals surface area contributed by atoms with Crippen molar-refractivity contribution in [1.82, 2.24) is 4.98 Å². The lowest BCUT2D eigenvalue weighted by molar-refractivity contribution is 0.273. The molecule has 0 aliphatic rings. The predicted octanol–water partition coefficient (Wildman–Crippen LogP) is 5.32. The fraction of sp³-hybridized carbons (Fsp3) is 0.240. The van der Waals surface area contributed by atoms with Crippen molar-refractivity contribution in [3.05, 3.63) is 89.2 Å². The van der Waals surface area contributed by atoms with Gasteiger partial charge in [-0.15, -0.1) is 0 Å². The van der Waals surface area contributed by atoms with Crippen LogP contribution in [0.1, 0.15) is 29.0 Å². The van der Waals surface area contributed by atoms with Crippen molar-refractivity contribution in [3.8, 4) is 11.5 Å². The third-order valence-electron chi connectivity index (χ3n) is 5.22. The highest BCUT2D eigenvalue weighted by atomic mass is 19.1. The average molecular weight is 420 g/mol. The fourth-order valence-corrected chi connectivity index (χ4v) is 3.56. The number of furan rings is 1. The second-order valence-electron chi connectivity index (χ2n) is 7.29. The zero-order chi connectivity index (χ0) is 21.6. The van der Waals surface area contributed by atoms with Crippen LogP contribution in [0.2, 0.25) is 0 Å². The maximum Gasteiger partial charge on any atom is 0.146 e. The van der Waals surface area contributed by atoms with Crippen molar-refractivity contribution in [2.45, 2.75) is 32.9 Å². The Kier molecular flexibility index (Phi) is 6.48. The van der Waals surface area contributed by atoms with Crippen molar-refractivity contribution in [2.24, 2.45) is 5.73 Å². The number of hydrogen-bond acceptors (Lipinski definition) is 5. The highest BCUT2D eigenvalue weighted by molar-refractivity contribution is 5.88. The van der Waals surface area contributed by atoms with Crippen LogP contribution < -0.4 is 15.2 Å². The minimum absolute atomic E-state index is 0.257. The van der Waals surface area contributed by atoms with Gasteiger partial charge in [0, 0.05) is 24.0 Å². The van der Waals surface area contributed by atoms with Gasteiger partial charge in [-0.1, -0.05) is 12.1 Å². The summed E-state index contributed by atoms with van der Waals surface area (Å²) in [5, 5.41) is 0.945. The molecule has 0 aliphatic heterocycles. The third kappa shape index (κ3) is 4.86. The van der Waals surface area contributed by atoms with Gasteiger partial charge in [-0.25, -0.2) is 4.39 Å². The van der Waals surface area contributed by atoms with Crippen LogP contribution in [0.5, 0.6) is 11.5 Å². The molecule has 0 unspecified atom stereocenters. The number of nitrogens with two attached hydrogens (primary N) is 1. The van der Waals surface area contributed by atoms with Crippen LogP contribution in [0, 0.1) is 12.7 Å². The number of hydrogen-bond donors (Lipinski definition) is 1. The Bertz CT molecular complexity index is 1160. The summed E-state index contributed by atoms with van der Waals surface area (Å²) in [6.45, 7) is 3.29. The first kappa shape index (κ1) is 20.9. The van der Waals surface area contributed by atoms with E-state index in [1.54, 1.807) is 18.3 Å². The quantitative estimate of drug-likeness (QED) is 0.371. The van der Waals surface area contributed by atoms with Gasteiger partial charge in [0.15, 0.2) is 0 Å². The molecule has 0 radical (unpaired) electrons. The van der Waals surface area contributed by atoms with E-state index in [2.05, 4.69) is 4.98 Å². The molecular weight excluding hydrogens is 395 g/mol. The second kappa shape index (κ2) is 9.62.